The molecule has 0 aliphatic carbocycles. The van der Waals surface area contributed by atoms with Gasteiger partial charge in [-0.15, -0.1) is 0 Å². The first-order chi connectivity index (χ1) is 6.49. The van der Waals surface area contributed by atoms with Crippen molar-refractivity contribution in [3.8, 4) is 0 Å². The summed E-state index contributed by atoms with van der Waals surface area (Å²) in [7, 11) is 0. The van der Waals surface area contributed by atoms with E-state index in [-0.39, 0.29) is 26.1 Å². The standard InChI is InChI=1S/C10H12O2SSe/c1-5-8(6(2)11)10(13-4)14-9(5)7(3)12/h1-4H3. The molecule has 0 bridgehead atoms. The number of thioether (sulfide) groups is 1. The maximum absolute atomic E-state index is 11.4. The SMILES string of the molecule is CSc1[se]c(C(C)=O)c(C)c1C(C)=O. The topological polar surface area (TPSA) is 34.1 Å². The van der Waals surface area contributed by atoms with Gasteiger partial charge >= 0.3 is 93.8 Å². The fourth-order valence-corrected chi connectivity index (χ4v) is 4.98. The van der Waals surface area contributed by atoms with E-state index >= 15 is 0 Å². The molecule has 0 N–H and O–H groups in total. The summed E-state index contributed by atoms with van der Waals surface area (Å²) in [5.74, 6) is 0.176. The Morgan fingerprint density at radius 1 is 1.21 bits per heavy atom. The van der Waals surface area contributed by atoms with Crippen molar-refractivity contribution in [2.75, 3.05) is 6.26 Å². The normalized spacial score (nSPS) is 10.3. The summed E-state index contributed by atoms with van der Waals surface area (Å²) < 4.78 is 1.94. The van der Waals surface area contributed by atoms with Crippen LogP contribution in [0.25, 0.3) is 0 Å². The maximum atomic E-state index is 11.4. The van der Waals surface area contributed by atoms with Crippen LogP contribution in [0, 0.1) is 6.92 Å². The van der Waals surface area contributed by atoms with Gasteiger partial charge in [0, 0.05) is 0 Å². The molecule has 1 aromatic rings. The summed E-state index contributed by atoms with van der Waals surface area (Å²) >= 11 is 1.64. The molecule has 1 heterocycles. The molecule has 0 fully saturated rings. The molecule has 0 aliphatic rings. The van der Waals surface area contributed by atoms with E-state index in [0.717, 1.165) is 19.3 Å². The zero-order chi connectivity index (χ0) is 10.9. The van der Waals surface area contributed by atoms with E-state index in [1.807, 2.05) is 13.2 Å². The van der Waals surface area contributed by atoms with Gasteiger partial charge in [0.25, 0.3) is 0 Å². The average Bonchev–Trinajstić information content (AvgIpc) is 2.42. The molecule has 0 atom stereocenters. The Balaban J connectivity index is 3.40. The van der Waals surface area contributed by atoms with Crippen molar-refractivity contribution in [1.29, 1.82) is 0 Å². The molecule has 1 rings (SSSR count). The van der Waals surface area contributed by atoms with Crippen LogP contribution in [-0.2, 0) is 0 Å². The Morgan fingerprint density at radius 2 is 1.79 bits per heavy atom. The van der Waals surface area contributed by atoms with E-state index in [0.29, 0.717) is 0 Å². The van der Waals surface area contributed by atoms with Crippen LogP contribution in [0.5, 0.6) is 0 Å². The summed E-state index contributed by atoms with van der Waals surface area (Å²) in [6.45, 7) is 5.01. The minimum absolute atomic E-state index is 0.0519. The number of hydrogen-bond donors (Lipinski definition) is 0. The molecule has 4 heteroatoms. The van der Waals surface area contributed by atoms with E-state index < -0.39 is 0 Å². The second-order valence-electron chi connectivity index (χ2n) is 3.04. The van der Waals surface area contributed by atoms with Crippen LogP contribution in [0.2, 0.25) is 0 Å². The van der Waals surface area contributed by atoms with Gasteiger partial charge in [-0.25, -0.2) is 0 Å². The molecule has 0 aromatic carbocycles. The van der Waals surface area contributed by atoms with Crippen LogP contribution in [0.4, 0.5) is 0 Å². The van der Waals surface area contributed by atoms with Gasteiger partial charge in [0.15, 0.2) is 0 Å². The summed E-state index contributed by atoms with van der Waals surface area (Å²) in [6, 6.07) is 0. The third-order valence-electron chi connectivity index (χ3n) is 1.97. The summed E-state index contributed by atoms with van der Waals surface area (Å²) in [5, 5.41) is 0. The molecule has 0 spiro atoms. The van der Waals surface area contributed by atoms with Crippen LogP contribution in [0.1, 0.15) is 39.0 Å². The van der Waals surface area contributed by atoms with Gasteiger partial charge in [-0.2, -0.15) is 0 Å². The van der Waals surface area contributed by atoms with Crippen molar-refractivity contribution in [3.63, 3.8) is 0 Å². The van der Waals surface area contributed by atoms with E-state index in [2.05, 4.69) is 0 Å². The number of carbonyl (C=O) groups is 2. The van der Waals surface area contributed by atoms with Crippen molar-refractivity contribution < 1.29 is 9.59 Å². The van der Waals surface area contributed by atoms with Crippen LogP contribution in [-0.4, -0.2) is 32.3 Å². The van der Waals surface area contributed by atoms with Crippen LogP contribution >= 0.6 is 11.8 Å². The monoisotopic (exact) mass is 276 g/mol. The minimum atomic E-state index is 0.0519. The summed E-state index contributed by atoms with van der Waals surface area (Å²) in [5.41, 5.74) is 1.68. The van der Waals surface area contributed by atoms with Crippen LogP contribution in [0.3, 0.4) is 0 Å². The molecule has 0 amide bonds. The molecule has 0 saturated heterocycles. The quantitative estimate of drug-likeness (QED) is 0.482. The van der Waals surface area contributed by atoms with Gasteiger partial charge in [-0.1, -0.05) is 0 Å². The van der Waals surface area contributed by atoms with Gasteiger partial charge in [-0.05, 0) is 0 Å². The predicted octanol–water partition coefficient (Wildman–Crippen LogP) is 2.18. The summed E-state index contributed by atoms with van der Waals surface area (Å²) in [6.07, 6.45) is 1.95. The van der Waals surface area contributed by atoms with E-state index in [9.17, 15) is 9.59 Å². The predicted molar refractivity (Wildman–Crippen MR) is 59.9 cm³/mol. The molecule has 0 aliphatic heterocycles. The zero-order valence-electron chi connectivity index (χ0n) is 8.63. The van der Waals surface area contributed by atoms with Crippen molar-refractivity contribution in [3.05, 3.63) is 15.6 Å². The molecular formula is C10H12O2SSe. The Hall–Kier alpha value is -0.311. The van der Waals surface area contributed by atoms with E-state index in [4.69, 9.17) is 0 Å². The first-order valence-electron chi connectivity index (χ1n) is 4.18. The third-order valence-corrected chi connectivity index (χ3v) is 6.52. The van der Waals surface area contributed by atoms with E-state index in [1.165, 1.54) is 0 Å². The molecule has 76 valence electrons. The fourth-order valence-electron chi connectivity index (χ4n) is 1.37. The second kappa shape index (κ2) is 4.47. The van der Waals surface area contributed by atoms with Crippen LogP contribution < -0.4 is 0 Å². The number of Topliss-reactive ketones (excluding diaryl/α,β-unsaturated/α-hetero) is 2. The zero-order valence-corrected chi connectivity index (χ0v) is 11.2. The number of ketones is 2. The number of carbonyl (C=O) groups excluding carboxylic acids is 2. The molecular weight excluding hydrogens is 263 g/mol. The van der Waals surface area contributed by atoms with Crippen molar-refractivity contribution in [2.24, 2.45) is 0 Å². The third kappa shape index (κ3) is 2.02. The Labute approximate surface area is 93.8 Å². The van der Waals surface area contributed by atoms with Gasteiger partial charge in [-0.3, -0.25) is 0 Å². The molecule has 0 unspecified atom stereocenters. The van der Waals surface area contributed by atoms with Crippen molar-refractivity contribution in [1.82, 2.24) is 0 Å². The first kappa shape index (κ1) is 11.8. The first-order valence-corrected chi connectivity index (χ1v) is 7.12. The Kier molecular flexibility index (Phi) is 3.76. The Morgan fingerprint density at radius 3 is 2.07 bits per heavy atom. The van der Waals surface area contributed by atoms with E-state index in [1.54, 1.807) is 25.6 Å². The van der Waals surface area contributed by atoms with Gasteiger partial charge in [0.05, 0.1) is 0 Å². The fraction of sp³-hybridized carbons (Fsp3) is 0.400. The Bertz CT molecular complexity index is 393. The number of hydrogen-bond acceptors (Lipinski definition) is 3. The average molecular weight is 275 g/mol. The van der Waals surface area contributed by atoms with Crippen LogP contribution in [0.15, 0.2) is 3.77 Å². The second-order valence-corrected chi connectivity index (χ2v) is 6.58. The molecule has 14 heavy (non-hydrogen) atoms. The van der Waals surface area contributed by atoms with Gasteiger partial charge in [0.2, 0.25) is 0 Å². The summed E-state index contributed by atoms with van der Waals surface area (Å²) in [4.78, 5) is 22.7. The molecule has 2 nitrogen and oxygen atoms in total. The molecule has 1 aromatic heterocycles. The molecule has 0 radical (unpaired) electrons. The molecule has 0 saturated carbocycles. The van der Waals surface area contributed by atoms with Gasteiger partial charge < -0.3 is 0 Å². The van der Waals surface area contributed by atoms with Gasteiger partial charge in [0.1, 0.15) is 0 Å². The van der Waals surface area contributed by atoms with Crippen molar-refractivity contribution >= 4 is 37.8 Å². The number of rotatable bonds is 3. The van der Waals surface area contributed by atoms with Crippen molar-refractivity contribution in [2.45, 2.75) is 24.5 Å².